The van der Waals surface area contributed by atoms with Crippen molar-refractivity contribution in [1.29, 1.82) is 0 Å². The molecule has 0 fully saturated rings. The van der Waals surface area contributed by atoms with Gasteiger partial charge in [0.1, 0.15) is 5.52 Å². The summed E-state index contributed by atoms with van der Waals surface area (Å²) in [6.07, 6.45) is 1.54. The number of aromatic nitrogens is 4. The van der Waals surface area contributed by atoms with Crippen molar-refractivity contribution in [2.75, 3.05) is 0 Å². The molecule has 0 radical (unpaired) electrons. The van der Waals surface area contributed by atoms with Crippen molar-refractivity contribution < 1.29 is 4.42 Å². The van der Waals surface area contributed by atoms with Gasteiger partial charge in [-0.25, -0.2) is 15.0 Å². The fraction of sp³-hybridized carbons (Fsp3) is 0. The van der Waals surface area contributed by atoms with Crippen LogP contribution in [0.4, 0.5) is 0 Å². The summed E-state index contributed by atoms with van der Waals surface area (Å²) in [5, 5.41) is 8.16. The van der Waals surface area contributed by atoms with Gasteiger partial charge >= 0.3 is 0 Å². The maximum Gasteiger partial charge on any atom is 0.182 e. The highest BCUT2D eigenvalue weighted by atomic mass is 32.1. The minimum absolute atomic E-state index is 0.713. The Labute approximate surface area is 259 Å². The van der Waals surface area contributed by atoms with Crippen molar-refractivity contribution in [2.24, 2.45) is 0 Å². The Morgan fingerprint density at radius 2 is 1.40 bits per heavy atom. The molecule has 0 N–H and O–H groups in total. The summed E-state index contributed by atoms with van der Waals surface area (Å²) in [5.41, 5.74) is 9.14. The van der Waals surface area contributed by atoms with Crippen molar-refractivity contribution in [3.05, 3.63) is 122 Å². The summed E-state index contributed by atoms with van der Waals surface area (Å²) < 4.78 is 10.8. The molecule has 0 amide bonds. The fourth-order valence-corrected chi connectivity index (χ4v) is 8.58. The normalized spacial score (nSPS) is 12.4. The number of hydrogen-bond donors (Lipinski definition) is 0. The smallest absolute Gasteiger partial charge is 0.182 e. The minimum atomic E-state index is 0.713. The first kappa shape index (κ1) is 23.6. The zero-order chi connectivity index (χ0) is 29.2. The van der Waals surface area contributed by atoms with Crippen molar-refractivity contribution >= 4 is 91.6 Å². The van der Waals surface area contributed by atoms with Gasteiger partial charge in [0.25, 0.3) is 0 Å². The SMILES string of the molecule is c1ccc2c(-c3cccc4c3sc3ccccc34)nc(-c3ccc4c(c3)c3cc5ncoc5c5c6ccccc6n4c35)nc2c1. The molecule has 6 aromatic carbocycles. The Hall–Kier alpha value is -5.85. The van der Waals surface area contributed by atoms with Crippen LogP contribution < -0.4 is 0 Å². The summed E-state index contributed by atoms with van der Waals surface area (Å²) in [6.45, 7) is 0. The zero-order valence-corrected chi connectivity index (χ0v) is 24.5. The number of benzene rings is 6. The molecule has 11 aromatic rings. The number of oxazole rings is 1. The Balaban J connectivity index is 1.21. The molecule has 0 aliphatic rings. The standard InChI is InChI=1S/C39H20N4OS/c1-4-13-29-24(9-1)35(26-12-7-11-23-22-8-3-6-15-33(22)45-38(23)26)42-39(41-29)21-16-17-32-27(18-21)28-19-30-37(44-20-40-30)34-25-10-2-5-14-31(25)43(32)36(28)34/h1-20H. The third kappa shape index (κ3) is 3.04. The summed E-state index contributed by atoms with van der Waals surface area (Å²) in [4.78, 5) is 15.0. The van der Waals surface area contributed by atoms with E-state index in [0.717, 1.165) is 71.5 Å². The Bertz CT molecular complexity index is 3000. The molecule has 0 saturated heterocycles. The van der Waals surface area contributed by atoms with E-state index in [4.69, 9.17) is 14.4 Å². The van der Waals surface area contributed by atoms with Crippen molar-refractivity contribution in [1.82, 2.24) is 19.4 Å². The molecule has 0 spiro atoms. The highest BCUT2D eigenvalue weighted by molar-refractivity contribution is 7.26. The fourth-order valence-electron chi connectivity index (χ4n) is 7.36. The van der Waals surface area contributed by atoms with Crippen LogP contribution in [0.15, 0.2) is 126 Å². The van der Waals surface area contributed by atoms with Crippen LogP contribution in [0.2, 0.25) is 0 Å². The van der Waals surface area contributed by atoms with E-state index in [2.05, 4.69) is 119 Å². The van der Waals surface area contributed by atoms with E-state index >= 15 is 0 Å². The van der Waals surface area contributed by atoms with Gasteiger partial charge in [-0.15, -0.1) is 11.3 Å². The Morgan fingerprint density at radius 1 is 0.600 bits per heavy atom. The van der Waals surface area contributed by atoms with Gasteiger partial charge < -0.3 is 8.82 Å². The van der Waals surface area contributed by atoms with E-state index in [-0.39, 0.29) is 0 Å². The minimum Gasteiger partial charge on any atom is -0.443 e. The van der Waals surface area contributed by atoms with Crippen LogP contribution in [-0.2, 0) is 0 Å². The lowest BCUT2D eigenvalue weighted by Crippen LogP contribution is -1.95. The molecule has 0 aliphatic heterocycles. The summed E-state index contributed by atoms with van der Waals surface area (Å²) >= 11 is 1.83. The highest BCUT2D eigenvalue weighted by Gasteiger charge is 2.23. The van der Waals surface area contributed by atoms with E-state index in [9.17, 15) is 0 Å². The molecule has 0 saturated carbocycles. The van der Waals surface area contributed by atoms with Crippen molar-refractivity contribution in [3.63, 3.8) is 0 Å². The van der Waals surface area contributed by atoms with Gasteiger partial charge in [-0.05, 0) is 42.5 Å². The summed E-state index contributed by atoms with van der Waals surface area (Å²) in [7, 11) is 0. The molecular formula is C39H20N4OS. The van der Waals surface area contributed by atoms with Gasteiger partial charge in [-0.1, -0.05) is 72.8 Å². The van der Waals surface area contributed by atoms with Crippen LogP contribution >= 0.6 is 11.3 Å². The van der Waals surface area contributed by atoms with Crippen molar-refractivity contribution in [3.8, 4) is 22.6 Å². The molecule has 5 nitrogen and oxygen atoms in total. The number of fused-ring (bicyclic) bond motifs is 12. The quantitative estimate of drug-likeness (QED) is 0.200. The van der Waals surface area contributed by atoms with Crippen LogP contribution in [0.25, 0.3) is 103 Å². The average Bonchev–Trinajstić information content (AvgIpc) is 3.86. The third-order valence-corrected chi connectivity index (χ3v) is 10.5. The first-order chi connectivity index (χ1) is 22.3. The summed E-state index contributed by atoms with van der Waals surface area (Å²) in [6, 6.07) is 40.8. The third-order valence-electron chi connectivity index (χ3n) is 9.28. The first-order valence-electron chi connectivity index (χ1n) is 14.9. The molecule has 0 unspecified atom stereocenters. The number of para-hydroxylation sites is 2. The topological polar surface area (TPSA) is 56.2 Å². The number of hydrogen-bond acceptors (Lipinski definition) is 5. The molecule has 208 valence electrons. The van der Waals surface area contributed by atoms with E-state index in [1.165, 1.54) is 25.6 Å². The summed E-state index contributed by atoms with van der Waals surface area (Å²) in [5.74, 6) is 0.713. The largest absolute Gasteiger partial charge is 0.443 e. The van der Waals surface area contributed by atoms with Crippen LogP contribution in [0.1, 0.15) is 0 Å². The van der Waals surface area contributed by atoms with Gasteiger partial charge in [0.2, 0.25) is 0 Å². The maximum atomic E-state index is 5.93. The van der Waals surface area contributed by atoms with E-state index in [1.807, 2.05) is 17.4 Å². The van der Waals surface area contributed by atoms with E-state index < -0.39 is 0 Å². The molecule has 5 aromatic heterocycles. The maximum absolute atomic E-state index is 5.93. The Kier molecular flexibility index (Phi) is 4.41. The van der Waals surface area contributed by atoms with Gasteiger partial charge in [0.15, 0.2) is 17.8 Å². The van der Waals surface area contributed by atoms with Crippen LogP contribution in [0.5, 0.6) is 0 Å². The van der Waals surface area contributed by atoms with Gasteiger partial charge in [-0.2, -0.15) is 0 Å². The Morgan fingerprint density at radius 3 is 2.36 bits per heavy atom. The second kappa shape index (κ2) is 8.40. The predicted octanol–water partition coefficient (Wildman–Crippen LogP) is 10.6. The predicted molar refractivity (Wildman–Crippen MR) is 186 cm³/mol. The number of thiophene rings is 1. The van der Waals surface area contributed by atoms with Gasteiger partial charge in [-0.3, -0.25) is 0 Å². The second-order valence-corrected chi connectivity index (χ2v) is 12.7. The zero-order valence-electron chi connectivity index (χ0n) is 23.7. The monoisotopic (exact) mass is 592 g/mol. The van der Waals surface area contributed by atoms with E-state index in [1.54, 1.807) is 6.39 Å². The molecule has 0 aliphatic carbocycles. The van der Waals surface area contributed by atoms with Crippen LogP contribution in [-0.4, -0.2) is 19.4 Å². The van der Waals surface area contributed by atoms with Gasteiger partial charge in [0, 0.05) is 52.8 Å². The lowest BCUT2D eigenvalue weighted by molar-refractivity contribution is 0.605. The average molecular weight is 593 g/mol. The molecule has 45 heavy (non-hydrogen) atoms. The first-order valence-corrected chi connectivity index (χ1v) is 15.8. The molecule has 0 atom stereocenters. The molecular weight excluding hydrogens is 573 g/mol. The lowest BCUT2D eigenvalue weighted by atomic mass is 10.0. The lowest BCUT2D eigenvalue weighted by Gasteiger charge is -2.10. The number of rotatable bonds is 2. The van der Waals surface area contributed by atoms with Crippen molar-refractivity contribution in [2.45, 2.75) is 0 Å². The molecule has 6 heteroatoms. The van der Waals surface area contributed by atoms with E-state index in [0.29, 0.717) is 5.82 Å². The molecule has 0 bridgehead atoms. The highest BCUT2D eigenvalue weighted by Crippen LogP contribution is 2.44. The molecule has 5 heterocycles. The second-order valence-electron chi connectivity index (χ2n) is 11.6. The van der Waals surface area contributed by atoms with Crippen LogP contribution in [0, 0.1) is 0 Å². The van der Waals surface area contributed by atoms with Crippen LogP contribution in [0.3, 0.4) is 0 Å². The number of nitrogens with zero attached hydrogens (tertiary/aromatic N) is 4. The molecule has 11 rings (SSSR count). The van der Waals surface area contributed by atoms with Gasteiger partial charge in [0.05, 0.1) is 33.1 Å².